The zero-order valence-corrected chi connectivity index (χ0v) is 9.03. The Morgan fingerprint density at radius 1 is 1.64 bits per heavy atom. The second-order valence-electron chi connectivity index (χ2n) is 4.48. The van der Waals surface area contributed by atoms with Crippen molar-refractivity contribution in [3.8, 4) is 0 Å². The first-order valence-corrected chi connectivity index (χ1v) is 5.46. The second-order valence-corrected chi connectivity index (χ2v) is 4.48. The van der Waals surface area contributed by atoms with Crippen molar-refractivity contribution in [2.24, 2.45) is 11.7 Å². The number of hydrogen-bond donors (Lipinski definition) is 1. The summed E-state index contributed by atoms with van der Waals surface area (Å²) in [5.74, 6) is 0.840. The molecule has 1 aromatic heterocycles. The first kappa shape index (κ1) is 9.71. The van der Waals surface area contributed by atoms with E-state index in [-0.39, 0.29) is 6.04 Å². The number of hydrogen-bond acceptors (Lipinski definition) is 2. The largest absolute Gasteiger partial charge is 0.323 e. The molecule has 3 nitrogen and oxygen atoms in total. The van der Waals surface area contributed by atoms with E-state index in [0.29, 0.717) is 0 Å². The number of rotatable bonds is 3. The molecule has 14 heavy (non-hydrogen) atoms. The van der Waals surface area contributed by atoms with Gasteiger partial charge in [0.2, 0.25) is 0 Å². The van der Waals surface area contributed by atoms with Gasteiger partial charge in [-0.1, -0.05) is 6.42 Å². The summed E-state index contributed by atoms with van der Waals surface area (Å²) < 4.78 is 2.10. The molecular formula is C11H19N3. The minimum Gasteiger partial charge on any atom is -0.323 e. The van der Waals surface area contributed by atoms with Crippen LogP contribution in [0.15, 0.2) is 6.07 Å². The fourth-order valence-corrected chi connectivity index (χ4v) is 2.00. The Morgan fingerprint density at radius 2 is 2.36 bits per heavy atom. The molecule has 78 valence electrons. The molecule has 1 heterocycles. The summed E-state index contributed by atoms with van der Waals surface area (Å²) >= 11 is 0. The van der Waals surface area contributed by atoms with E-state index in [0.717, 1.165) is 18.2 Å². The Labute approximate surface area is 85.3 Å². The van der Waals surface area contributed by atoms with Crippen LogP contribution in [0.3, 0.4) is 0 Å². The van der Waals surface area contributed by atoms with Gasteiger partial charge in [-0.05, 0) is 38.7 Å². The molecule has 2 rings (SSSR count). The Bertz CT molecular complexity index is 310. The SMILES string of the molecule is Cc1cc([C@@H](C)N)n(CC2CCC2)n1. The number of aryl methyl sites for hydroxylation is 1. The molecule has 1 atom stereocenters. The van der Waals surface area contributed by atoms with Crippen molar-refractivity contribution >= 4 is 0 Å². The maximum absolute atomic E-state index is 5.90. The van der Waals surface area contributed by atoms with Crippen LogP contribution >= 0.6 is 0 Å². The molecule has 1 aliphatic rings. The normalized spacial score (nSPS) is 19.4. The van der Waals surface area contributed by atoms with Crippen LogP contribution in [0.4, 0.5) is 0 Å². The molecule has 0 unspecified atom stereocenters. The third-order valence-corrected chi connectivity index (χ3v) is 3.06. The molecular weight excluding hydrogens is 174 g/mol. The Balaban J connectivity index is 2.13. The summed E-state index contributed by atoms with van der Waals surface area (Å²) in [5.41, 5.74) is 8.16. The van der Waals surface area contributed by atoms with Crippen molar-refractivity contribution in [2.45, 2.75) is 45.7 Å². The minimum atomic E-state index is 0.0938. The van der Waals surface area contributed by atoms with Gasteiger partial charge in [0.15, 0.2) is 0 Å². The van der Waals surface area contributed by atoms with Gasteiger partial charge < -0.3 is 5.73 Å². The first-order valence-electron chi connectivity index (χ1n) is 5.46. The lowest BCUT2D eigenvalue weighted by molar-refractivity contribution is 0.262. The van der Waals surface area contributed by atoms with Crippen molar-refractivity contribution in [1.29, 1.82) is 0 Å². The maximum atomic E-state index is 5.90. The van der Waals surface area contributed by atoms with E-state index in [4.69, 9.17) is 5.73 Å². The van der Waals surface area contributed by atoms with Crippen LogP contribution in [-0.4, -0.2) is 9.78 Å². The maximum Gasteiger partial charge on any atom is 0.0597 e. The van der Waals surface area contributed by atoms with Gasteiger partial charge in [-0.15, -0.1) is 0 Å². The zero-order chi connectivity index (χ0) is 10.1. The lowest BCUT2D eigenvalue weighted by Gasteiger charge is -2.26. The highest BCUT2D eigenvalue weighted by atomic mass is 15.3. The average molecular weight is 193 g/mol. The van der Waals surface area contributed by atoms with E-state index in [9.17, 15) is 0 Å². The van der Waals surface area contributed by atoms with Crippen LogP contribution in [0.2, 0.25) is 0 Å². The predicted octanol–water partition coefficient (Wildman–Crippen LogP) is 2.01. The number of aromatic nitrogens is 2. The van der Waals surface area contributed by atoms with Gasteiger partial charge in [-0.25, -0.2) is 0 Å². The standard InChI is InChI=1S/C11H19N3/c1-8-6-11(9(2)12)14(13-8)7-10-4-3-5-10/h6,9-10H,3-5,7,12H2,1-2H3/t9-/m1/s1. The molecule has 2 N–H and O–H groups in total. The predicted molar refractivity (Wildman–Crippen MR) is 56.9 cm³/mol. The molecule has 0 bridgehead atoms. The molecule has 0 saturated heterocycles. The van der Waals surface area contributed by atoms with Gasteiger partial charge in [-0.2, -0.15) is 5.10 Å². The van der Waals surface area contributed by atoms with Crippen LogP contribution in [0.1, 0.15) is 43.6 Å². The lowest BCUT2D eigenvalue weighted by Crippen LogP contribution is -2.22. The van der Waals surface area contributed by atoms with Crippen molar-refractivity contribution in [3.63, 3.8) is 0 Å². The van der Waals surface area contributed by atoms with Crippen LogP contribution < -0.4 is 5.73 Å². The van der Waals surface area contributed by atoms with Gasteiger partial charge in [-0.3, -0.25) is 4.68 Å². The van der Waals surface area contributed by atoms with Gasteiger partial charge >= 0.3 is 0 Å². The Morgan fingerprint density at radius 3 is 2.86 bits per heavy atom. The first-order chi connectivity index (χ1) is 6.66. The molecule has 1 aromatic rings. The smallest absolute Gasteiger partial charge is 0.0597 e. The highest BCUT2D eigenvalue weighted by Crippen LogP contribution is 2.28. The van der Waals surface area contributed by atoms with Gasteiger partial charge in [0.1, 0.15) is 0 Å². The zero-order valence-electron chi connectivity index (χ0n) is 9.03. The molecule has 0 amide bonds. The minimum absolute atomic E-state index is 0.0938. The molecule has 0 aliphatic heterocycles. The average Bonchev–Trinajstić information content (AvgIpc) is 2.39. The summed E-state index contributed by atoms with van der Waals surface area (Å²) in [5, 5.41) is 4.49. The second kappa shape index (κ2) is 3.73. The molecule has 1 saturated carbocycles. The molecule has 0 aromatic carbocycles. The molecule has 1 aliphatic carbocycles. The van der Waals surface area contributed by atoms with E-state index < -0.39 is 0 Å². The summed E-state index contributed by atoms with van der Waals surface area (Å²) in [6.07, 6.45) is 4.10. The summed E-state index contributed by atoms with van der Waals surface area (Å²) in [7, 11) is 0. The molecule has 0 spiro atoms. The Kier molecular flexibility index (Phi) is 2.59. The van der Waals surface area contributed by atoms with Gasteiger partial charge in [0.05, 0.1) is 11.4 Å². The third-order valence-electron chi connectivity index (χ3n) is 3.06. The van der Waals surface area contributed by atoms with E-state index in [1.807, 2.05) is 13.8 Å². The number of nitrogens with two attached hydrogens (primary N) is 1. The summed E-state index contributed by atoms with van der Waals surface area (Å²) in [6.45, 7) is 5.11. The van der Waals surface area contributed by atoms with Crippen LogP contribution in [-0.2, 0) is 6.54 Å². The fourth-order valence-electron chi connectivity index (χ4n) is 2.00. The van der Waals surface area contributed by atoms with Crippen molar-refractivity contribution in [1.82, 2.24) is 9.78 Å². The quantitative estimate of drug-likeness (QED) is 0.798. The van der Waals surface area contributed by atoms with Crippen LogP contribution in [0, 0.1) is 12.8 Å². The van der Waals surface area contributed by atoms with Crippen molar-refractivity contribution in [2.75, 3.05) is 0 Å². The van der Waals surface area contributed by atoms with E-state index in [1.165, 1.54) is 25.0 Å². The monoisotopic (exact) mass is 193 g/mol. The Hall–Kier alpha value is -0.830. The summed E-state index contributed by atoms with van der Waals surface area (Å²) in [4.78, 5) is 0. The van der Waals surface area contributed by atoms with E-state index in [2.05, 4.69) is 15.8 Å². The van der Waals surface area contributed by atoms with Crippen molar-refractivity contribution in [3.05, 3.63) is 17.5 Å². The number of nitrogens with zero attached hydrogens (tertiary/aromatic N) is 2. The van der Waals surface area contributed by atoms with Crippen molar-refractivity contribution < 1.29 is 0 Å². The van der Waals surface area contributed by atoms with Gasteiger partial charge in [0.25, 0.3) is 0 Å². The van der Waals surface area contributed by atoms with E-state index in [1.54, 1.807) is 0 Å². The van der Waals surface area contributed by atoms with Crippen LogP contribution in [0.5, 0.6) is 0 Å². The molecule has 3 heteroatoms. The lowest BCUT2D eigenvalue weighted by atomic mass is 9.85. The van der Waals surface area contributed by atoms with Crippen LogP contribution in [0.25, 0.3) is 0 Å². The fraction of sp³-hybridized carbons (Fsp3) is 0.727. The topological polar surface area (TPSA) is 43.8 Å². The molecule has 1 fully saturated rings. The van der Waals surface area contributed by atoms with E-state index >= 15 is 0 Å². The highest BCUT2D eigenvalue weighted by Gasteiger charge is 2.20. The highest BCUT2D eigenvalue weighted by molar-refractivity contribution is 5.12. The van der Waals surface area contributed by atoms with Gasteiger partial charge in [0, 0.05) is 12.6 Å². The molecule has 0 radical (unpaired) electrons. The third kappa shape index (κ3) is 1.82. The summed E-state index contributed by atoms with van der Waals surface area (Å²) in [6, 6.07) is 2.19.